The predicted molar refractivity (Wildman–Crippen MR) is 215 cm³/mol. The number of rotatable bonds is 19. The van der Waals surface area contributed by atoms with Gasteiger partial charge in [0.2, 0.25) is 0 Å². The van der Waals surface area contributed by atoms with Crippen molar-refractivity contribution in [3.05, 3.63) is 11.6 Å². The highest BCUT2D eigenvalue weighted by Gasteiger charge is 2.59. The molecule has 12 atom stereocenters. The molecule has 1 N–H and O–H groups in total. The largest absolute Gasteiger partial charge is 0.446 e. The number of alkyl carbamates (subject to hydrolysis) is 1. The molecular formula is C46H81NO6. The second-order valence-electron chi connectivity index (χ2n) is 19.6. The number of carbonyl (C=O) groups is 1. The Morgan fingerprint density at radius 2 is 1.66 bits per heavy atom. The third-order valence-corrected chi connectivity index (χ3v) is 14.7. The van der Waals surface area contributed by atoms with Crippen LogP contribution >= 0.6 is 0 Å². The van der Waals surface area contributed by atoms with E-state index in [0.717, 1.165) is 80.5 Å². The normalized spacial score (nSPS) is 37.4. The van der Waals surface area contributed by atoms with Gasteiger partial charge in [0.1, 0.15) is 24.4 Å². The lowest BCUT2D eigenvalue weighted by Gasteiger charge is -2.58. The molecule has 7 heteroatoms. The maximum absolute atomic E-state index is 12.8. The maximum atomic E-state index is 12.8. The van der Waals surface area contributed by atoms with E-state index < -0.39 is 0 Å². The summed E-state index contributed by atoms with van der Waals surface area (Å²) in [6.07, 6.45) is 20.5. The molecule has 1 saturated heterocycles. The standard InChI is InChI=1S/C46H81NO6/c1-30(2)16-15-17-33(7)38-20-21-39-37-19-18-35-28-36(22-24-45(35,9)40(37)23-25-46(38,39)10)53-44(48)47-26-13-11-12-14-27-49-42-34(8)52-41(29-50-31(3)4)43(42)51-32(5)6/h18,30-34,36-43H,11-17,19-29H2,1-10H3,(H,47,48)/t33-,34+,36+,37+,38-,39+,40+,41?,42+,43-,45+,46-/m1/s1. The number of nitrogens with one attached hydrogen (secondary N) is 1. The molecule has 0 spiro atoms. The van der Waals surface area contributed by atoms with E-state index >= 15 is 0 Å². The van der Waals surface area contributed by atoms with Crippen LogP contribution in [0.3, 0.4) is 0 Å². The second kappa shape index (κ2) is 19.3. The molecule has 0 aromatic carbocycles. The van der Waals surface area contributed by atoms with E-state index in [1.165, 1.54) is 51.4 Å². The van der Waals surface area contributed by atoms with Gasteiger partial charge < -0.3 is 29.0 Å². The van der Waals surface area contributed by atoms with Crippen molar-refractivity contribution in [1.29, 1.82) is 0 Å². The van der Waals surface area contributed by atoms with Crippen molar-refractivity contribution in [1.82, 2.24) is 5.32 Å². The van der Waals surface area contributed by atoms with Crippen LogP contribution in [0.15, 0.2) is 11.6 Å². The van der Waals surface area contributed by atoms with Crippen molar-refractivity contribution in [2.24, 2.45) is 46.3 Å². The van der Waals surface area contributed by atoms with Crippen LogP contribution in [0.4, 0.5) is 4.79 Å². The number of ether oxygens (including phenoxy) is 5. The summed E-state index contributed by atoms with van der Waals surface area (Å²) in [5.74, 6) is 5.09. The fourth-order valence-electron chi connectivity index (χ4n) is 12.0. The molecule has 0 aromatic heterocycles. The van der Waals surface area contributed by atoms with Gasteiger partial charge in [-0.1, -0.05) is 78.4 Å². The molecule has 3 saturated carbocycles. The zero-order chi connectivity index (χ0) is 38.3. The first-order valence-electron chi connectivity index (χ1n) is 22.4. The Morgan fingerprint density at radius 3 is 2.40 bits per heavy atom. The molecular weight excluding hydrogens is 663 g/mol. The Bertz CT molecular complexity index is 1170. The third-order valence-electron chi connectivity index (χ3n) is 14.7. The van der Waals surface area contributed by atoms with Gasteiger partial charge in [-0.2, -0.15) is 0 Å². The van der Waals surface area contributed by atoms with Crippen LogP contribution in [0.2, 0.25) is 0 Å². The number of carbonyl (C=O) groups excluding carboxylic acids is 1. The van der Waals surface area contributed by atoms with Crippen molar-refractivity contribution in [2.45, 2.75) is 208 Å². The molecule has 1 aliphatic heterocycles. The van der Waals surface area contributed by atoms with Gasteiger partial charge in [0, 0.05) is 19.6 Å². The molecule has 1 heterocycles. The smallest absolute Gasteiger partial charge is 0.407 e. The molecule has 53 heavy (non-hydrogen) atoms. The first kappa shape index (κ1) is 43.0. The van der Waals surface area contributed by atoms with Crippen molar-refractivity contribution in [2.75, 3.05) is 19.8 Å². The van der Waals surface area contributed by atoms with E-state index in [1.54, 1.807) is 5.57 Å². The molecule has 5 aliphatic rings. The van der Waals surface area contributed by atoms with Crippen LogP contribution in [-0.2, 0) is 23.7 Å². The highest BCUT2D eigenvalue weighted by molar-refractivity contribution is 5.67. The first-order valence-corrected chi connectivity index (χ1v) is 22.4. The van der Waals surface area contributed by atoms with Crippen LogP contribution in [0.5, 0.6) is 0 Å². The highest BCUT2D eigenvalue weighted by Crippen LogP contribution is 2.67. The minimum absolute atomic E-state index is 0.00132. The van der Waals surface area contributed by atoms with Crippen LogP contribution < -0.4 is 5.32 Å². The van der Waals surface area contributed by atoms with Gasteiger partial charge in [0.15, 0.2) is 0 Å². The van der Waals surface area contributed by atoms with E-state index in [1.807, 2.05) is 13.8 Å². The Balaban J connectivity index is 0.988. The maximum Gasteiger partial charge on any atom is 0.407 e. The Labute approximate surface area is 325 Å². The molecule has 1 amide bonds. The summed E-state index contributed by atoms with van der Waals surface area (Å²) in [7, 11) is 0. The molecule has 5 rings (SSSR count). The lowest BCUT2D eigenvalue weighted by Crippen LogP contribution is -2.51. The zero-order valence-electron chi connectivity index (χ0n) is 35.8. The molecule has 306 valence electrons. The highest BCUT2D eigenvalue weighted by atomic mass is 16.6. The number of hydrogen-bond acceptors (Lipinski definition) is 6. The van der Waals surface area contributed by atoms with E-state index in [9.17, 15) is 4.79 Å². The third kappa shape index (κ3) is 10.6. The van der Waals surface area contributed by atoms with Crippen molar-refractivity contribution in [3.63, 3.8) is 0 Å². The fraction of sp³-hybridized carbons (Fsp3) is 0.935. The molecule has 4 aliphatic carbocycles. The van der Waals surface area contributed by atoms with Gasteiger partial charge >= 0.3 is 6.09 Å². The van der Waals surface area contributed by atoms with Crippen LogP contribution in [0.1, 0.15) is 166 Å². The average molecular weight is 744 g/mol. The van der Waals surface area contributed by atoms with E-state index in [4.69, 9.17) is 23.7 Å². The minimum atomic E-state index is -0.244. The Morgan fingerprint density at radius 1 is 0.887 bits per heavy atom. The summed E-state index contributed by atoms with van der Waals surface area (Å²) in [5, 5.41) is 3.05. The predicted octanol–water partition coefficient (Wildman–Crippen LogP) is 11.1. The summed E-state index contributed by atoms with van der Waals surface area (Å²) in [5.41, 5.74) is 2.39. The second-order valence-corrected chi connectivity index (χ2v) is 19.6. The van der Waals surface area contributed by atoms with Crippen LogP contribution in [0.25, 0.3) is 0 Å². The molecule has 0 aromatic rings. The van der Waals surface area contributed by atoms with Crippen molar-refractivity contribution >= 4 is 6.09 Å². The minimum Gasteiger partial charge on any atom is -0.446 e. The van der Waals surface area contributed by atoms with Crippen LogP contribution in [-0.4, -0.2) is 68.6 Å². The average Bonchev–Trinajstić information content (AvgIpc) is 3.59. The summed E-state index contributed by atoms with van der Waals surface area (Å²) in [6, 6.07) is 0. The number of unbranched alkanes of at least 4 members (excludes halogenated alkanes) is 3. The number of amides is 1. The number of allylic oxidation sites excluding steroid dienone is 1. The number of hydrogen-bond donors (Lipinski definition) is 1. The Kier molecular flexibility index (Phi) is 15.7. The lowest BCUT2D eigenvalue weighted by atomic mass is 9.47. The van der Waals surface area contributed by atoms with Crippen molar-refractivity contribution in [3.8, 4) is 0 Å². The molecule has 0 radical (unpaired) electrons. The summed E-state index contributed by atoms with van der Waals surface area (Å²) in [6.45, 7) is 24.7. The quantitative estimate of drug-likeness (QED) is 0.105. The molecule has 0 bridgehead atoms. The SMILES string of the molecule is CC(C)CCC[C@@H](C)[C@H]1CC[C@H]2[C@@H]3CC=C4C[C@@H](OC(=O)NCCCCCCO[C@H]5[C@H](C)OC(COC(C)C)[C@H]5OC(C)C)CC[C@]4(C)[C@H]3CC[C@]12C. The van der Waals surface area contributed by atoms with E-state index in [2.05, 4.69) is 66.8 Å². The topological polar surface area (TPSA) is 75.3 Å². The Hall–Kier alpha value is -1.15. The zero-order valence-corrected chi connectivity index (χ0v) is 35.8. The van der Waals surface area contributed by atoms with Gasteiger partial charge in [0.25, 0.3) is 0 Å². The van der Waals surface area contributed by atoms with Gasteiger partial charge in [-0.05, 0) is 139 Å². The summed E-state index contributed by atoms with van der Waals surface area (Å²) >= 11 is 0. The summed E-state index contributed by atoms with van der Waals surface area (Å²) < 4.78 is 30.6. The van der Waals surface area contributed by atoms with Gasteiger partial charge in [-0.3, -0.25) is 0 Å². The molecule has 1 unspecified atom stereocenters. The number of fused-ring (bicyclic) bond motifs is 5. The molecule has 7 nitrogen and oxygen atoms in total. The van der Waals surface area contributed by atoms with Gasteiger partial charge in [0.05, 0.1) is 24.9 Å². The van der Waals surface area contributed by atoms with E-state index in [0.29, 0.717) is 25.2 Å². The van der Waals surface area contributed by atoms with Gasteiger partial charge in [-0.15, -0.1) is 0 Å². The lowest BCUT2D eigenvalue weighted by molar-refractivity contribution is -0.103. The first-order chi connectivity index (χ1) is 25.2. The monoisotopic (exact) mass is 744 g/mol. The fourth-order valence-corrected chi connectivity index (χ4v) is 12.0. The summed E-state index contributed by atoms with van der Waals surface area (Å²) in [4.78, 5) is 12.8. The molecule has 4 fully saturated rings. The van der Waals surface area contributed by atoms with Gasteiger partial charge in [-0.25, -0.2) is 4.79 Å². The van der Waals surface area contributed by atoms with Crippen molar-refractivity contribution < 1.29 is 28.5 Å². The van der Waals surface area contributed by atoms with Crippen LogP contribution in [0, 0.1) is 46.3 Å². The van der Waals surface area contributed by atoms with E-state index in [-0.39, 0.29) is 54.2 Å².